The number of amides is 1. The lowest BCUT2D eigenvalue weighted by atomic mass is 10.1. The zero-order valence-electron chi connectivity index (χ0n) is 23.5. The van der Waals surface area contributed by atoms with Crippen molar-refractivity contribution in [3.05, 3.63) is 64.8 Å². The van der Waals surface area contributed by atoms with E-state index in [-0.39, 0.29) is 16.3 Å². The smallest absolute Gasteiger partial charge is 0.413 e. The first-order valence-electron chi connectivity index (χ1n) is 12.4. The molecule has 0 fully saturated rings. The zero-order valence-corrected chi connectivity index (χ0v) is 24.3. The van der Waals surface area contributed by atoms with Crippen LogP contribution in [-0.2, 0) is 29.7 Å². The minimum absolute atomic E-state index is 0.0185. The van der Waals surface area contributed by atoms with E-state index in [1.807, 2.05) is 42.7 Å². The number of halogens is 2. The van der Waals surface area contributed by atoms with Crippen LogP contribution in [-0.4, -0.2) is 67.0 Å². The maximum absolute atomic E-state index is 15.2. The molecule has 3 rings (SSSR count). The molecular formula is C28H34ClFN4O6. The number of carboxylic acid groups (broad SMARTS) is 1. The molecule has 0 saturated carbocycles. The monoisotopic (exact) mass is 576 g/mol. The fourth-order valence-electron chi connectivity index (χ4n) is 3.78. The first-order valence-corrected chi connectivity index (χ1v) is 12.8. The van der Waals surface area contributed by atoms with E-state index >= 15 is 4.39 Å². The van der Waals surface area contributed by atoms with Crippen molar-refractivity contribution in [3.63, 3.8) is 0 Å². The third kappa shape index (κ3) is 7.29. The molecule has 1 amide bonds. The van der Waals surface area contributed by atoms with Gasteiger partial charge in [0.2, 0.25) is 5.72 Å². The van der Waals surface area contributed by atoms with Crippen LogP contribution in [0.1, 0.15) is 39.1 Å². The number of aliphatic hydroxyl groups is 1. The average molecular weight is 577 g/mol. The van der Waals surface area contributed by atoms with E-state index in [1.165, 1.54) is 6.07 Å². The van der Waals surface area contributed by atoms with Crippen molar-refractivity contribution in [1.82, 2.24) is 19.4 Å². The number of nitrogens with zero attached hydrogens (tertiary/aromatic N) is 4. The van der Waals surface area contributed by atoms with Gasteiger partial charge in [-0.15, -0.1) is 0 Å². The molecule has 1 atom stereocenters. The topological polar surface area (TPSA) is 117 Å². The first kappa shape index (κ1) is 30.9. The predicted molar refractivity (Wildman–Crippen MR) is 148 cm³/mol. The van der Waals surface area contributed by atoms with Gasteiger partial charge in [-0.05, 0) is 78.2 Å². The summed E-state index contributed by atoms with van der Waals surface area (Å²) in [6.45, 7) is 5.62. The minimum Gasteiger partial charge on any atom is -0.478 e. The molecule has 216 valence electrons. The Hall–Kier alpha value is -3.67. The first-order chi connectivity index (χ1) is 18.5. The molecule has 12 heteroatoms. The van der Waals surface area contributed by atoms with Crippen LogP contribution in [0.15, 0.2) is 42.6 Å². The third-order valence-corrected chi connectivity index (χ3v) is 6.12. The standard InChI is InChI=1S/C28H34ClFN4O6/c1-27(2,3)40-26(37)34(28(4,38)25(35)36)15-20-21(30)12-18(29)13-23(20)39-19-10-8-17(9-11-19)22-14-31-24(33(22)7)16-32(5)6/h8-14,38H,15-16H2,1-7H3,(H,35,36). The van der Waals surface area contributed by atoms with Crippen LogP contribution < -0.4 is 4.74 Å². The summed E-state index contributed by atoms with van der Waals surface area (Å²) >= 11 is 6.09. The Labute approximate surface area is 237 Å². The summed E-state index contributed by atoms with van der Waals surface area (Å²) in [6, 6.07) is 9.32. The number of aliphatic carboxylic acids is 1. The second-order valence-electron chi connectivity index (χ2n) is 10.7. The molecule has 0 spiro atoms. The highest BCUT2D eigenvalue weighted by Crippen LogP contribution is 2.34. The van der Waals surface area contributed by atoms with E-state index in [0.717, 1.165) is 30.1 Å². The highest BCUT2D eigenvalue weighted by molar-refractivity contribution is 6.30. The van der Waals surface area contributed by atoms with Crippen LogP contribution in [0.25, 0.3) is 11.3 Å². The van der Waals surface area contributed by atoms with E-state index < -0.39 is 35.8 Å². The number of ether oxygens (including phenoxy) is 2. The van der Waals surface area contributed by atoms with Gasteiger partial charge >= 0.3 is 12.1 Å². The number of hydrogen-bond donors (Lipinski definition) is 2. The van der Waals surface area contributed by atoms with E-state index in [4.69, 9.17) is 21.1 Å². The molecule has 0 radical (unpaired) electrons. The number of aromatic nitrogens is 2. The van der Waals surface area contributed by atoms with Gasteiger partial charge < -0.3 is 29.2 Å². The number of hydrogen-bond acceptors (Lipinski definition) is 7. The molecular weight excluding hydrogens is 543 g/mol. The lowest BCUT2D eigenvalue weighted by Crippen LogP contribution is -2.55. The Bertz CT molecular complexity index is 1380. The van der Waals surface area contributed by atoms with Crippen LogP contribution in [0.4, 0.5) is 9.18 Å². The Balaban J connectivity index is 1.95. The van der Waals surface area contributed by atoms with Crippen LogP contribution in [0.3, 0.4) is 0 Å². The highest BCUT2D eigenvalue weighted by Gasteiger charge is 2.43. The Morgan fingerprint density at radius 2 is 1.73 bits per heavy atom. The second-order valence-corrected chi connectivity index (χ2v) is 11.2. The van der Waals surface area contributed by atoms with Crippen molar-refractivity contribution in [1.29, 1.82) is 0 Å². The lowest BCUT2D eigenvalue weighted by molar-refractivity contribution is -0.177. The normalized spacial score (nSPS) is 13.2. The van der Waals surface area contributed by atoms with E-state index in [0.29, 0.717) is 17.2 Å². The second kappa shape index (κ2) is 11.8. The highest BCUT2D eigenvalue weighted by atomic mass is 35.5. The summed E-state index contributed by atoms with van der Waals surface area (Å²) in [4.78, 5) is 31.7. The fourth-order valence-corrected chi connectivity index (χ4v) is 3.97. The molecule has 0 aliphatic carbocycles. The Kier molecular flexibility index (Phi) is 9.13. The molecule has 10 nitrogen and oxygen atoms in total. The molecule has 0 aliphatic heterocycles. The van der Waals surface area contributed by atoms with Gasteiger partial charge in [0.1, 0.15) is 28.7 Å². The minimum atomic E-state index is -2.72. The number of carbonyl (C=O) groups excluding carboxylic acids is 1. The molecule has 3 aromatic rings. The average Bonchev–Trinajstić information content (AvgIpc) is 3.16. The summed E-state index contributed by atoms with van der Waals surface area (Å²) in [5.41, 5.74) is -2.17. The number of carboxylic acids is 1. The summed E-state index contributed by atoms with van der Waals surface area (Å²) in [5, 5.41) is 20.2. The predicted octanol–water partition coefficient (Wildman–Crippen LogP) is 5.26. The van der Waals surface area contributed by atoms with Crippen molar-refractivity contribution >= 4 is 23.7 Å². The Morgan fingerprint density at radius 3 is 2.27 bits per heavy atom. The van der Waals surface area contributed by atoms with Crippen molar-refractivity contribution in [2.75, 3.05) is 14.1 Å². The van der Waals surface area contributed by atoms with E-state index in [1.54, 1.807) is 39.1 Å². The molecule has 1 heterocycles. The largest absolute Gasteiger partial charge is 0.478 e. The molecule has 2 aromatic carbocycles. The van der Waals surface area contributed by atoms with Crippen molar-refractivity contribution < 1.29 is 33.7 Å². The molecule has 0 aliphatic rings. The van der Waals surface area contributed by atoms with Gasteiger partial charge in [0.25, 0.3) is 0 Å². The maximum Gasteiger partial charge on any atom is 0.413 e. The molecule has 0 saturated heterocycles. The Morgan fingerprint density at radius 1 is 1.10 bits per heavy atom. The van der Waals surface area contributed by atoms with Crippen molar-refractivity contribution in [2.45, 2.75) is 52.1 Å². The summed E-state index contributed by atoms with van der Waals surface area (Å²) in [7, 11) is 5.85. The quantitative estimate of drug-likeness (QED) is 0.331. The van der Waals surface area contributed by atoms with Gasteiger partial charge in [-0.3, -0.25) is 4.90 Å². The molecule has 1 aromatic heterocycles. The number of benzene rings is 2. The van der Waals surface area contributed by atoms with Gasteiger partial charge in [0.15, 0.2) is 0 Å². The summed E-state index contributed by atoms with van der Waals surface area (Å²) < 4.78 is 28.4. The summed E-state index contributed by atoms with van der Waals surface area (Å²) in [6.07, 6.45) is 0.619. The number of rotatable bonds is 9. The van der Waals surface area contributed by atoms with Crippen LogP contribution in [0, 0.1) is 5.82 Å². The molecule has 0 bridgehead atoms. The SMILES string of the molecule is CN(C)Cc1ncc(-c2ccc(Oc3cc(Cl)cc(F)c3CN(C(=O)OC(C)(C)C)C(C)(O)C(=O)O)cc2)n1C. The van der Waals surface area contributed by atoms with Crippen LogP contribution in [0.5, 0.6) is 11.5 Å². The van der Waals surface area contributed by atoms with Crippen molar-refractivity contribution in [3.8, 4) is 22.8 Å². The lowest BCUT2D eigenvalue weighted by Gasteiger charge is -2.35. The van der Waals surface area contributed by atoms with E-state index in [2.05, 4.69) is 4.98 Å². The van der Waals surface area contributed by atoms with Gasteiger partial charge in [0.05, 0.1) is 30.5 Å². The fraction of sp³-hybridized carbons (Fsp3) is 0.393. The van der Waals surface area contributed by atoms with Crippen molar-refractivity contribution in [2.24, 2.45) is 7.05 Å². The van der Waals surface area contributed by atoms with E-state index in [9.17, 15) is 19.8 Å². The van der Waals surface area contributed by atoms with Crippen LogP contribution in [0.2, 0.25) is 5.02 Å². The zero-order chi connectivity index (χ0) is 30.0. The third-order valence-electron chi connectivity index (χ3n) is 5.90. The maximum atomic E-state index is 15.2. The van der Waals surface area contributed by atoms with Gasteiger partial charge in [0, 0.05) is 17.6 Å². The molecule has 40 heavy (non-hydrogen) atoms. The molecule has 1 unspecified atom stereocenters. The number of imidazole rings is 1. The number of carbonyl (C=O) groups is 2. The summed E-state index contributed by atoms with van der Waals surface area (Å²) in [5.74, 6) is -1.43. The van der Waals surface area contributed by atoms with Gasteiger partial charge in [-0.25, -0.2) is 19.0 Å². The molecule has 2 N–H and O–H groups in total. The van der Waals surface area contributed by atoms with Gasteiger partial charge in [-0.2, -0.15) is 0 Å². The van der Waals surface area contributed by atoms with Gasteiger partial charge in [-0.1, -0.05) is 11.6 Å². The van der Waals surface area contributed by atoms with Crippen LogP contribution >= 0.6 is 11.6 Å².